The van der Waals surface area contributed by atoms with Gasteiger partial charge in [-0.05, 0) is 43.4 Å². The molecule has 1 amide bonds. The molecule has 0 aromatic heterocycles. The number of nitrogens with one attached hydrogen (secondary N) is 2. The van der Waals surface area contributed by atoms with Gasteiger partial charge in [0.2, 0.25) is 5.91 Å². The van der Waals surface area contributed by atoms with E-state index in [1.54, 1.807) is 0 Å². The van der Waals surface area contributed by atoms with Gasteiger partial charge in [-0.25, -0.2) is 8.78 Å². The Labute approximate surface area is 110 Å². The lowest BCUT2D eigenvalue weighted by Gasteiger charge is -2.18. The SMILES string of the molecule is O=C(Nc1c(F)cccc1F)C1NCC2CCCC21. The lowest BCUT2D eigenvalue weighted by molar-refractivity contribution is -0.118. The highest BCUT2D eigenvalue weighted by Crippen LogP contribution is 2.38. The summed E-state index contributed by atoms with van der Waals surface area (Å²) in [5.74, 6) is -0.988. The average molecular weight is 266 g/mol. The van der Waals surface area contributed by atoms with Crippen LogP contribution in [0.5, 0.6) is 0 Å². The normalized spacial score (nSPS) is 29.3. The molecule has 2 N–H and O–H groups in total. The Morgan fingerprint density at radius 2 is 2.00 bits per heavy atom. The minimum absolute atomic E-state index is 0.301. The molecule has 2 aliphatic rings. The van der Waals surface area contributed by atoms with E-state index >= 15 is 0 Å². The van der Waals surface area contributed by atoms with Gasteiger partial charge in [-0.1, -0.05) is 12.5 Å². The van der Waals surface area contributed by atoms with Crippen LogP contribution in [0.25, 0.3) is 0 Å². The minimum atomic E-state index is -0.741. The van der Waals surface area contributed by atoms with Crippen LogP contribution in [0.15, 0.2) is 18.2 Å². The molecule has 1 saturated carbocycles. The van der Waals surface area contributed by atoms with Crippen molar-refractivity contribution in [2.75, 3.05) is 11.9 Å². The number of anilines is 1. The second kappa shape index (κ2) is 4.89. The molecule has 0 radical (unpaired) electrons. The van der Waals surface area contributed by atoms with E-state index in [1.165, 1.54) is 6.07 Å². The summed E-state index contributed by atoms with van der Waals surface area (Å²) in [4.78, 5) is 12.2. The molecule has 3 unspecified atom stereocenters. The Balaban J connectivity index is 1.75. The van der Waals surface area contributed by atoms with Gasteiger partial charge < -0.3 is 10.6 Å². The van der Waals surface area contributed by atoms with Crippen LogP contribution in [0.2, 0.25) is 0 Å². The predicted octanol–water partition coefficient (Wildman–Crippen LogP) is 2.29. The average Bonchev–Trinajstić information content (AvgIpc) is 2.95. The van der Waals surface area contributed by atoms with Crippen LogP contribution in [-0.4, -0.2) is 18.5 Å². The highest BCUT2D eigenvalue weighted by atomic mass is 19.1. The summed E-state index contributed by atoms with van der Waals surface area (Å²) in [7, 11) is 0. The topological polar surface area (TPSA) is 41.1 Å². The second-order valence-corrected chi connectivity index (χ2v) is 5.33. The Morgan fingerprint density at radius 3 is 2.74 bits per heavy atom. The summed E-state index contributed by atoms with van der Waals surface area (Å²) in [6.45, 7) is 0.822. The van der Waals surface area contributed by atoms with E-state index in [9.17, 15) is 13.6 Å². The first-order valence-corrected chi connectivity index (χ1v) is 6.65. The molecule has 3 rings (SSSR count). The Kier molecular flexibility index (Phi) is 3.22. The van der Waals surface area contributed by atoms with E-state index in [-0.39, 0.29) is 17.6 Å². The molecule has 3 nitrogen and oxygen atoms in total. The largest absolute Gasteiger partial charge is 0.320 e. The van der Waals surface area contributed by atoms with Crippen molar-refractivity contribution in [3.63, 3.8) is 0 Å². The fourth-order valence-corrected chi connectivity index (χ4v) is 3.29. The minimum Gasteiger partial charge on any atom is -0.320 e. The lowest BCUT2D eigenvalue weighted by Crippen LogP contribution is -2.40. The molecule has 1 aromatic carbocycles. The molecule has 0 bridgehead atoms. The van der Waals surface area contributed by atoms with Crippen molar-refractivity contribution >= 4 is 11.6 Å². The number of hydrogen-bond donors (Lipinski definition) is 2. The smallest absolute Gasteiger partial charge is 0.241 e. The number of rotatable bonds is 2. The molecule has 102 valence electrons. The number of halogens is 2. The summed E-state index contributed by atoms with van der Waals surface area (Å²) in [5.41, 5.74) is -0.351. The summed E-state index contributed by atoms with van der Waals surface area (Å²) in [5, 5.41) is 5.54. The molecule has 5 heteroatoms. The zero-order chi connectivity index (χ0) is 13.4. The maximum absolute atomic E-state index is 13.5. The van der Waals surface area contributed by atoms with Gasteiger partial charge in [0.1, 0.15) is 17.3 Å². The van der Waals surface area contributed by atoms with E-state index in [1.807, 2.05) is 0 Å². The summed E-state index contributed by atoms with van der Waals surface area (Å²) in [6, 6.07) is 3.23. The summed E-state index contributed by atoms with van der Waals surface area (Å²) >= 11 is 0. The van der Waals surface area contributed by atoms with Gasteiger partial charge in [-0.2, -0.15) is 0 Å². The molecule has 1 aliphatic carbocycles. The second-order valence-electron chi connectivity index (χ2n) is 5.33. The van der Waals surface area contributed by atoms with Gasteiger partial charge >= 0.3 is 0 Å². The van der Waals surface area contributed by atoms with Crippen molar-refractivity contribution in [2.45, 2.75) is 25.3 Å². The standard InChI is InChI=1S/C14H16F2N2O/c15-10-5-2-6-11(16)13(10)18-14(19)12-9-4-1-3-8(9)7-17-12/h2,5-6,8-9,12,17H,1,3-4,7H2,(H,18,19). The Morgan fingerprint density at radius 1 is 1.26 bits per heavy atom. The summed E-state index contributed by atoms with van der Waals surface area (Å²) in [6.07, 6.45) is 3.28. The van der Waals surface area contributed by atoms with Gasteiger partial charge in [0.15, 0.2) is 0 Å². The third kappa shape index (κ3) is 2.23. The monoisotopic (exact) mass is 266 g/mol. The first-order valence-electron chi connectivity index (χ1n) is 6.65. The lowest BCUT2D eigenvalue weighted by atomic mass is 9.93. The quantitative estimate of drug-likeness (QED) is 0.862. The van der Waals surface area contributed by atoms with Crippen LogP contribution in [0.1, 0.15) is 19.3 Å². The number of carbonyl (C=O) groups is 1. The van der Waals surface area contributed by atoms with Crippen molar-refractivity contribution < 1.29 is 13.6 Å². The van der Waals surface area contributed by atoms with Crippen molar-refractivity contribution in [3.8, 4) is 0 Å². The van der Waals surface area contributed by atoms with Crippen LogP contribution >= 0.6 is 0 Å². The summed E-state index contributed by atoms with van der Waals surface area (Å²) < 4.78 is 27.0. The molecular formula is C14H16F2N2O. The fraction of sp³-hybridized carbons (Fsp3) is 0.500. The van der Waals surface area contributed by atoms with Crippen molar-refractivity contribution in [3.05, 3.63) is 29.8 Å². The third-order valence-electron chi connectivity index (χ3n) is 4.24. The molecule has 0 spiro atoms. The Bertz CT molecular complexity index is 486. The third-order valence-corrected chi connectivity index (χ3v) is 4.24. The van der Waals surface area contributed by atoms with Crippen molar-refractivity contribution in [2.24, 2.45) is 11.8 Å². The molecule has 1 aromatic rings. The van der Waals surface area contributed by atoms with Gasteiger partial charge in [0.25, 0.3) is 0 Å². The highest BCUT2D eigenvalue weighted by Gasteiger charge is 2.42. The predicted molar refractivity (Wildman–Crippen MR) is 67.6 cm³/mol. The maximum atomic E-state index is 13.5. The number of amides is 1. The molecule has 1 heterocycles. The van der Waals surface area contributed by atoms with Crippen molar-refractivity contribution in [1.29, 1.82) is 0 Å². The first kappa shape index (κ1) is 12.5. The van der Waals surface area contributed by atoms with Crippen LogP contribution < -0.4 is 10.6 Å². The number of benzene rings is 1. The molecule has 3 atom stereocenters. The zero-order valence-electron chi connectivity index (χ0n) is 10.5. The van der Waals surface area contributed by atoms with E-state index in [0.717, 1.165) is 37.9 Å². The molecule has 19 heavy (non-hydrogen) atoms. The van der Waals surface area contributed by atoms with E-state index < -0.39 is 11.6 Å². The van der Waals surface area contributed by atoms with Gasteiger partial charge in [-0.15, -0.1) is 0 Å². The van der Waals surface area contributed by atoms with E-state index in [0.29, 0.717) is 11.8 Å². The number of fused-ring (bicyclic) bond motifs is 1. The highest BCUT2D eigenvalue weighted by molar-refractivity contribution is 5.95. The number of hydrogen-bond acceptors (Lipinski definition) is 2. The maximum Gasteiger partial charge on any atom is 0.241 e. The van der Waals surface area contributed by atoms with Gasteiger partial charge in [0, 0.05) is 0 Å². The van der Waals surface area contributed by atoms with Gasteiger partial charge in [-0.3, -0.25) is 4.79 Å². The number of para-hydroxylation sites is 1. The van der Waals surface area contributed by atoms with Crippen LogP contribution in [-0.2, 0) is 4.79 Å². The molecule has 1 aliphatic heterocycles. The van der Waals surface area contributed by atoms with E-state index in [2.05, 4.69) is 10.6 Å². The Hall–Kier alpha value is -1.49. The van der Waals surface area contributed by atoms with Gasteiger partial charge in [0.05, 0.1) is 6.04 Å². The zero-order valence-corrected chi connectivity index (χ0v) is 10.5. The van der Waals surface area contributed by atoms with Crippen LogP contribution in [0.3, 0.4) is 0 Å². The van der Waals surface area contributed by atoms with Crippen LogP contribution in [0, 0.1) is 23.5 Å². The molecule has 2 fully saturated rings. The fourth-order valence-electron chi connectivity index (χ4n) is 3.29. The molecule has 1 saturated heterocycles. The van der Waals surface area contributed by atoms with Crippen LogP contribution in [0.4, 0.5) is 14.5 Å². The number of carbonyl (C=O) groups excluding carboxylic acids is 1. The first-order chi connectivity index (χ1) is 9.16. The molecular weight excluding hydrogens is 250 g/mol. The van der Waals surface area contributed by atoms with E-state index in [4.69, 9.17) is 0 Å². The van der Waals surface area contributed by atoms with Crippen molar-refractivity contribution in [1.82, 2.24) is 5.32 Å².